The number of primary amides is 1. The fourth-order valence-electron chi connectivity index (χ4n) is 3.59. The molecule has 1 fully saturated rings. The maximum Gasteiger partial charge on any atom is 0.314 e. The molecule has 1 atom stereocenters. The van der Waals surface area contributed by atoms with E-state index in [4.69, 9.17) is 5.73 Å². The number of aliphatic hydroxyl groups excluding tert-OH is 1. The van der Waals surface area contributed by atoms with Gasteiger partial charge in [-0.25, -0.2) is 4.79 Å². The molecule has 1 aliphatic carbocycles. The number of carbonyl (C=O) groups is 2. The Morgan fingerprint density at radius 2 is 1.78 bits per heavy atom. The van der Waals surface area contributed by atoms with Crippen LogP contribution in [-0.4, -0.2) is 59.1 Å². The summed E-state index contributed by atoms with van der Waals surface area (Å²) in [5.74, 6) is -0.0451. The zero-order valence-electron chi connectivity index (χ0n) is 14.2. The van der Waals surface area contributed by atoms with Crippen LogP contribution >= 0.6 is 0 Å². The average Bonchev–Trinajstić information content (AvgIpc) is 2.45. The van der Waals surface area contributed by atoms with Gasteiger partial charge in [0.1, 0.15) is 0 Å². The third-order valence-electron chi connectivity index (χ3n) is 4.77. The summed E-state index contributed by atoms with van der Waals surface area (Å²) in [4.78, 5) is 26.7. The highest BCUT2D eigenvalue weighted by Gasteiger charge is 2.31. The van der Waals surface area contributed by atoms with Crippen molar-refractivity contribution in [3.05, 3.63) is 23.3 Å². The van der Waals surface area contributed by atoms with Crippen LogP contribution in [0.5, 0.6) is 0 Å². The van der Waals surface area contributed by atoms with Crippen LogP contribution in [0.15, 0.2) is 23.3 Å². The van der Waals surface area contributed by atoms with Crippen molar-refractivity contribution in [2.45, 2.75) is 39.7 Å². The van der Waals surface area contributed by atoms with Crippen LogP contribution in [0.25, 0.3) is 0 Å². The Kier molecular flexibility index (Phi) is 5.14. The Bertz CT molecular complexity index is 543. The highest BCUT2D eigenvalue weighted by molar-refractivity contribution is 5.88. The molecule has 3 N–H and O–H groups in total. The third-order valence-corrected chi connectivity index (χ3v) is 4.77. The van der Waals surface area contributed by atoms with Crippen molar-refractivity contribution in [2.75, 3.05) is 26.2 Å². The van der Waals surface area contributed by atoms with Gasteiger partial charge >= 0.3 is 6.03 Å². The normalized spacial score (nSPS) is 25.1. The molecule has 1 unspecified atom stereocenters. The number of allylic oxidation sites excluding steroid dienone is 2. The lowest BCUT2D eigenvalue weighted by molar-refractivity contribution is -0.127. The summed E-state index contributed by atoms with van der Waals surface area (Å²) in [7, 11) is 0. The average molecular weight is 321 g/mol. The summed E-state index contributed by atoms with van der Waals surface area (Å²) in [6.45, 7) is 8.17. The second kappa shape index (κ2) is 6.74. The Labute approximate surface area is 137 Å². The van der Waals surface area contributed by atoms with Crippen molar-refractivity contribution in [2.24, 2.45) is 11.1 Å². The van der Waals surface area contributed by atoms with Gasteiger partial charge < -0.3 is 20.6 Å². The van der Waals surface area contributed by atoms with Gasteiger partial charge in [-0.1, -0.05) is 25.5 Å². The minimum Gasteiger partial charge on any atom is -0.393 e. The molecule has 0 radical (unpaired) electrons. The number of nitrogens with zero attached hydrogens (tertiary/aromatic N) is 2. The number of carbonyl (C=O) groups excluding carboxylic acids is 2. The number of hydrogen-bond donors (Lipinski definition) is 2. The van der Waals surface area contributed by atoms with Crippen LogP contribution in [0.1, 0.15) is 33.6 Å². The third kappa shape index (κ3) is 4.13. The Hall–Kier alpha value is -1.82. The SMILES string of the molecule is CC1=C(/C=C/C(=O)N2CCN(C(N)=O)CC2)C(C)(C)CC(O)C1. The number of nitrogens with two attached hydrogens (primary N) is 1. The molecule has 6 heteroatoms. The molecule has 1 aliphatic heterocycles. The van der Waals surface area contributed by atoms with Crippen molar-refractivity contribution >= 4 is 11.9 Å². The van der Waals surface area contributed by atoms with E-state index in [1.54, 1.807) is 15.9 Å². The topological polar surface area (TPSA) is 86.9 Å². The van der Waals surface area contributed by atoms with E-state index in [0.29, 0.717) is 39.0 Å². The first-order valence-electron chi connectivity index (χ1n) is 8.10. The van der Waals surface area contributed by atoms with E-state index in [0.717, 1.165) is 11.1 Å². The Balaban J connectivity index is 2.01. The van der Waals surface area contributed by atoms with Gasteiger partial charge in [0.25, 0.3) is 0 Å². The molecular weight excluding hydrogens is 294 g/mol. The first-order valence-corrected chi connectivity index (χ1v) is 8.10. The lowest BCUT2D eigenvalue weighted by atomic mass is 9.71. The summed E-state index contributed by atoms with van der Waals surface area (Å²) in [6, 6.07) is -0.434. The van der Waals surface area contributed by atoms with Gasteiger partial charge in [0, 0.05) is 32.3 Å². The highest BCUT2D eigenvalue weighted by atomic mass is 16.3. The van der Waals surface area contributed by atoms with E-state index in [1.807, 2.05) is 13.0 Å². The molecule has 6 nitrogen and oxygen atoms in total. The van der Waals surface area contributed by atoms with Crippen molar-refractivity contribution in [3.63, 3.8) is 0 Å². The van der Waals surface area contributed by atoms with Crippen molar-refractivity contribution in [3.8, 4) is 0 Å². The van der Waals surface area contributed by atoms with Crippen LogP contribution in [0, 0.1) is 5.41 Å². The molecule has 3 amide bonds. The Morgan fingerprint density at radius 3 is 2.30 bits per heavy atom. The molecule has 128 valence electrons. The summed E-state index contributed by atoms with van der Waals surface area (Å²) in [5.41, 5.74) is 7.38. The summed E-state index contributed by atoms with van der Waals surface area (Å²) >= 11 is 0. The van der Waals surface area contributed by atoms with Gasteiger partial charge in [-0.15, -0.1) is 0 Å². The van der Waals surface area contributed by atoms with Gasteiger partial charge in [0.15, 0.2) is 0 Å². The summed E-state index contributed by atoms with van der Waals surface area (Å²) < 4.78 is 0. The van der Waals surface area contributed by atoms with Gasteiger partial charge in [-0.3, -0.25) is 4.79 Å². The zero-order valence-corrected chi connectivity index (χ0v) is 14.2. The highest BCUT2D eigenvalue weighted by Crippen LogP contribution is 2.40. The number of rotatable bonds is 2. The Morgan fingerprint density at radius 1 is 1.22 bits per heavy atom. The maximum absolute atomic E-state index is 12.3. The van der Waals surface area contributed by atoms with Crippen molar-refractivity contribution < 1.29 is 14.7 Å². The molecule has 23 heavy (non-hydrogen) atoms. The predicted molar refractivity (Wildman–Crippen MR) is 88.6 cm³/mol. The second-order valence-electron chi connectivity index (χ2n) is 7.12. The van der Waals surface area contributed by atoms with Crippen LogP contribution in [-0.2, 0) is 4.79 Å². The first kappa shape index (κ1) is 17.5. The maximum atomic E-state index is 12.3. The van der Waals surface area contributed by atoms with E-state index < -0.39 is 6.03 Å². The predicted octanol–water partition coefficient (Wildman–Crippen LogP) is 1.26. The van der Waals surface area contributed by atoms with Crippen LogP contribution in [0.2, 0.25) is 0 Å². The number of hydrogen-bond acceptors (Lipinski definition) is 3. The zero-order chi connectivity index (χ0) is 17.2. The lowest BCUT2D eigenvalue weighted by Crippen LogP contribution is -2.51. The molecule has 0 spiro atoms. The molecule has 2 aliphatic rings. The monoisotopic (exact) mass is 321 g/mol. The second-order valence-corrected chi connectivity index (χ2v) is 7.12. The molecule has 2 rings (SSSR count). The van der Waals surface area contributed by atoms with Crippen LogP contribution in [0.3, 0.4) is 0 Å². The number of piperazine rings is 1. The van der Waals surface area contributed by atoms with E-state index in [2.05, 4.69) is 13.8 Å². The van der Waals surface area contributed by atoms with Crippen molar-refractivity contribution in [1.29, 1.82) is 0 Å². The van der Waals surface area contributed by atoms with Crippen molar-refractivity contribution in [1.82, 2.24) is 9.80 Å². The fraction of sp³-hybridized carbons (Fsp3) is 0.647. The quantitative estimate of drug-likeness (QED) is 0.751. The number of amides is 3. The van der Waals surface area contributed by atoms with Crippen LogP contribution < -0.4 is 5.73 Å². The summed E-state index contributed by atoms with van der Waals surface area (Å²) in [5, 5.41) is 9.91. The first-order chi connectivity index (χ1) is 10.7. The molecule has 0 aromatic rings. The molecule has 0 saturated carbocycles. The van der Waals surface area contributed by atoms with E-state index in [-0.39, 0.29) is 17.4 Å². The standard InChI is InChI=1S/C17H27N3O3/c1-12-10-13(21)11-17(2,3)14(12)4-5-15(22)19-6-8-20(9-7-19)16(18)23/h4-5,13,21H,6-11H2,1-3H3,(H2,18,23)/b5-4+. The van der Waals surface area contributed by atoms with E-state index >= 15 is 0 Å². The minimum absolute atomic E-state index is 0.0451. The molecule has 0 aromatic heterocycles. The molecule has 1 saturated heterocycles. The van der Waals surface area contributed by atoms with Gasteiger partial charge in [-0.2, -0.15) is 0 Å². The minimum atomic E-state index is -0.434. The molecule has 0 bridgehead atoms. The number of aliphatic hydroxyl groups is 1. The largest absolute Gasteiger partial charge is 0.393 e. The molecule has 1 heterocycles. The molecular formula is C17H27N3O3. The van der Waals surface area contributed by atoms with Crippen LogP contribution in [0.4, 0.5) is 4.79 Å². The van der Waals surface area contributed by atoms with Gasteiger partial charge in [0.05, 0.1) is 6.10 Å². The van der Waals surface area contributed by atoms with E-state index in [9.17, 15) is 14.7 Å². The molecule has 0 aromatic carbocycles. The lowest BCUT2D eigenvalue weighted by Gasteiger charge is -2.36. The summed E-state index contributed by atoms with van der Waals surface area (Å²) in [6.07, 6.45) is 4.56. The van der Waals surface area contributed by atoms with Gasteiger partial charge in [-0.05, 0) is 30.8 Å². The van der Waals surface area contributed by atoms with E-state index in [1.165, 1.54) is 0 Å². The smallest absolute Gasteiger partial charge is 0.314 e. The number of urea groups is 1. The fourth-order valence-corrected chi connectivity index (χ4v) is 3.59. The van der Waals surface area contributed by atoms with Gasteiger partial charge in [0.2, 0.25) is 5.91 Å².